The highest BCUT2D eigenvalue weighted by molar-refractivity contribution is 5.93. The smallest absolute Gasteiger partial charge is 0.227 e. The summed E-state index contributed by atoms with van der Waals surface area (Å²) in [7, 11) is 0. The Kier molecular flexibility index (Phi) is 7.88. The van der Waals surface area contributed by atoms with Gasteiger partial charge in [0.1, 0.15) is 6.07 Å². The minimum atomic E-state index is -0.192. The van der Waals surface area contributed by atoms with Crippen LogP contribution < -0.4 is 10.6 Å². The fourth-order valence-electron chi connectivity index (χ4n) is 3.75. The second-order valence-electron chi connectivity index (χ2n) is 8.78. The molecule has 0 saturated carbocycles. The van der Waals surface area contributed by atoms with E-state index in [2.05, 4.69) is 26.7 Å². The topological polar surface area (TPSA) is 120 Å². The van der Waals surface area contributed by atoms with Crippen molar-refractivity contribution in [2.45, 2.75) is 20.3 Å². The number of carbonyl (C=O) groups is 2. The number of ether oxygens (including phenoxy) is 1. The highest BCUT2D eigenvalue weighted by atomic mass is 16.5. The lowest BCUT2D eigenvalue weighted by molar-refractivity contribution is -0.134. The third kappa shape index (κ3) is 6.23. The summed E-state index contributed by atoms with van der Waals surface area (Å²) >= 11 is 0. The summed E-state index contributed by atoms with van der Waals surface area (Å²) in [6, 6.07) is 16.7. The number of nitrogens with one attached hydrogen (secondary N) is 2. The van der Waals surface area contributed by atoms with Crippen molar-refractivity contribution in [1.29, 1.82) is 5.26 Å². The predicted molar refractivity (Wildman–Crippen MR) is 136 cm³/mol. The molecule has 2 N–H and O–H groups in total. The molecule has 36 heavy (non-hydrogen) atoms. The molecule has 0 spiro atoms. The molecular weight excluding hydrogens is 456 g/mol. The summed E-state index contributed by atoms with van der Waals surface area (Å²) in [6.45, 7) is 5.98. The molecule has 1 aliphatic rings. The molecule has 1 aromatic heterocycles. The van der Waals surface area contributed by atoms with Gasteiger partial charge in [0.2, 0.25) is 17.8 Å². The van der Waals surface area contributed by atoms with Crippen LogP contribution in [-0.2, 0) is 20.7 Å². The molecule has 0 atom stereocenters. The number of hydrogen-bond donors (Lipinski definition) is 2. The quantitative estimate of drug-likeness (QED) is 0.524. The summed E-state index contributed by atoms with van der Waals surface area (Å²) in [4.78, 5) is 35.4. The maximum atomic E-state index is 12.6. The molecule has 0 radical (unpaired) electrons. The summed E-state index contributed by atoms with van der Waals surface area (Å²) in [6.07, 6.45) is 1.95. The summed E-state index contributed by atoms with van der Waals surface area (Å²) in [5, 5.41) is 15.6. The van der Waals surface area contributed by atoms with Crippen molar-refractivity contribution in [3.63, 3.8) is 0 Å². The van der Waals surface area contributed by atoms with Crippen LogP contribution in [0, 0.1) is 17.2 Å². The molecule has 1 fully saturated rings. The van der Waals surface area contributed by atoms with Gasteiger partial charge in [-0.15, -0.1) is 0 Å². The molecule has 4 rings (SSSR count). The molecule has 0 aliphatic carbocycles. The number of nitriles is 1. The zero-order valence-electron chi connectivity index (χ0n) is 20.3. The molecule has 2 heterocycles. The molecule has 0 bridgehead atoms. The minimum Gasteiger partial charge on any atom is -0.378 e. The van der Waals surface area contributed by atoms with Crippen molar-refractivity contribution < 1.29 is 14.3 Å². The first kappa shape index (κ1) is 24.8. The molecule has 184 valence electrons. The van der Waals surface area contributed by atoms with Gasteiger partial charge in [-0.2, -0.15) is 5.26 Å². The van der Waals surface area contributed by atoms with Crippen LogP contribution in [0.4, 0.5) is 17.3 Å². The van der Waals surface area contributed by atoms with Crippen molar-refractivity contribution in [2.75, 3.05) is 36.9 Å². The largest absolute Gasteiger partial charge is 0.378 e. The van der Waals surface area contributed by atoms with Gasteiger partial charge in [-0.3, -0.25) is 9.59 Å². The van der Waals surface area contributed by atoms with Crippen LogP contribution in [0.2, 0.25) is 0 Å². The van der Waals surface area contributed by atoms with Gasteiger partial charge in [0.25, 0.3) is 0 Å². The van der Waals surface area contributed by atoms with Gasteiger partial charge < -0.3 is 20.3 Å². The Bertz CT molecular complexity index is 1290. The number of morpholine rings is 1. The molecule has 1 saturated heterocycles. The molecule has 9 nitrogen and oxygen atoms in total. The van der Waals surface area contributed by atoms with Crippen molar-refractivity contribution in [1.82, 2.24) is 14.9 Å². The van der Waals surface area contributed by atoms with E-state index in [1.54, 1.807) is 44.3 Å². The van der Waals surface area contributed by atoms with E-state index in [1.807, 2.05) is 29.2 Å². The summed E-state index contributed by atoms with van der Waals surface area (Å²) in [5.41, 5.74) is 3.84. The van der Waals surface area contributed by atoms with Crippen LogP contribution in [0.25, 0.3) is 11.3 Å². The van der Waals surface area contributed by atoms with Crippen LogP contribution in [0.1, 0.15) is 25.0 Å². The number of carbonyl (C=O) groups excluding carboxylic acids is 2. The summed E-state index contributed by atoms with van der Waals surface area (Å²) < 4.78 is 5.32. The van der Waals surface area contributed by atoms with Gasteiger partial charge in [-0.25, -0.2) is 9.97 Å². The number of amides is 2. The normalized spacial score (nSPS) is 13.2. The Morgan fingerprint density at radius 3 is 2.69 bits per heavy atom. The lowest BCUT2D eigenvalue weighted by atomic mass is 10.1. The molecule has 2 aromatic carbocycles. The number of nitrogens with zero attached hydrogens (tertiary/aromatic N) is 4. The van der Waals surface area contributed by atoms with Crippen LogP contribution in [0.15, 0.2) is 54.7 Å². The first-order valence-electron chi connectivity index (χ1n) is 11.8. The van der Waals surface area contributed by atoms with Gasteiger partial charge in [-0.05, 0) is 35.9 Å². The molecule has 9 heteroatoms. The van der Waals surface area contributed by atoms with E-state index in [1.165, 1.54) is 0 Å². The van der Waals surface area contributed by atoms with Crippen LogP contribution in [0.5, 0.6) is 0 Å². The second kappa shape index (κ2) is 11.4. The van der Waals surface area contributed by atoms with Crippen molar-refractivity contribution in [3.8, 4) is 17.3 Å². The van der Waals surface area contributed by atoms with E-state index in [-0.39, 0.29) is 17.7 Å². The van der Waals surface area contributed by atoms with Crippen molar-refractivity contribution >= 4 is 29.1 Å². The fraction of sp³-hybridized carbons (Fsp3) is 0.296. The summed E-state index contributed by atoms with van der Waals surface area (Å²) in [5.74, 6) is 0.124. The Morgan fingerprint density at radius 1 is 1.14 bits per heavy atom. The standard InChI is InChI=1S/C27H28N6O3/c1-18(2)26(35)31-23-7-6-20(16-21(23)17-28)24-8-9-29-27(32-24)30-22-5-3-4-19(14-22)15-25(34)33-10-12-36-13-11-33/h3-9,14,16,18H,10-13,15H2,1-2H3,(H,31,35)(H,29,30,32). The average molecular weight is 485 g/mol. The number of hydrogen-bond acceptors (Lipinski definition) is 7. The maximum absolute atomic E-state index is 12.6. The SMILES string of the molecule is CC(C)C(=O)Nc1ccc(-c2ccnc(Nc3cccc(CC(=O)N4CCOCC4)c3)n2)cc1C#N. The number of aromatic nitrogens is 2. The third-order valence-corrected chi connectivity index (χ3v) is 5.78. The van der Waals surface area contributed by atoms with Gasteiger partial charge in [0.15, 0.2) is 0 Å². The van der Waals surface area contributed by atoms with Crippen LogP contribution >= 0.6 is 0 Å². The number of rotatable bonds is 7. The van der Waals surface area contributed by atoms with Crippen LogP contribution in [0.3, 0.4) is 0 Å². The van der Waals surface area contributed by atoms with E-state index in [9.17, 15) is 14.9 Å². The zero-order chi connectivity index (χ0) is 25.5. The van der Waals surface area contributed by atoms with Gasteiger partial charge in [-0.1, -0.05) is 32.0 Å². The Labute approximate surface area is 210 Å². The molecule has 3 aromatic rings. The highest BCUT2D eigenvalue weighted by Gasteiger charge is 2.17. The first-order chi connectivity index (χ1) is 17.4. The van der Waals surface area contributed by atoms with E-state index >= 15 is 0 Å². The first-order valence-corrected chi connectivity index (χ1v) is 11.8. The van der Waals surface area contributed by atoms with Crippen LogP contribution in [-0.4, -0.2) is 53.0 Å². The number of anilines is 3. The third-order valence-electron chi connectivity index (χ3n) is 5.78. The zero-order valence-corrected chi connectivity index (χ0v) is 20.3. The minimum absolute atomic E-state index is 0.0787. The fourth-order valence-corrected chi connectivity index (χ4v) is 3.75. The molecule has 1 aliphatic heterocycles. The lowest BCUT2D eigenvalue weighted by Gasteiger charge is -2.26. The molecule has 0 unspecified atom stereocenters. The highest BCUT2D eigenvalue weighted by Crippen LogP contribution is 2.25. The van der Waals surface area contributed by atoms with Gasteiger partial charge in [0, 0.05) is 36.5 Å². The molecular formula is C27H28N6O3. The van der Waals surface area contributed by atoms with Gasteiger partial charge in [0.05, 0.1) is 36.6 Å². The number of benzene rings is 2. The monoisotopic (exact) mass is 484 g/mol. The second-order valence-corrected chi connectivity index (χ2v) is 8.78. The van der Waals surface area contributed by atoms with Crippen molar-refractivity contribution in [2.24, 2.45) is 5.92 Å². The Morgan fingerprint density at radius 2 is 1.94 bits per heavy atom. The van der Waals surface area contributed by atoms with E-state index < -0.39 is 0 Å². The average Bonchev–Trinajstić information content (AvgIpc) is 2.89. The Balaban J connectivity index is 1.48. The molecule has 2 amide bonds. The van der Waals surface area contributed by atoms with Gasteiger partial charge >= 0.3 is 0 Å². The van der Waals surface area contributed by atoms with Crippen molar-refractivity contribution in [3.05, 3.63) is 65.9 Å². The predicted octanol–water partition coefficient (Wildman–Crippen LogP) is 3.75. The Hall–Kier alpha value is -4.29. The maximum Gasteiger partial charge on any atom is 0.227 e. The van der Waals surface area contributed by atoms with E-state index in [4.69, 9.17) is 4.74 Å². The van der Waals surface area contributed by atoms with E-state index in [0.29, 0.717) is 55.6 Å². The van der Waals surface area contributed by atoms with E-state index in [0.717, 1.165) is 16.8 Å². The lowest BCUT2D eigenvalue weighted by Crippen LogP contribution is -2.41.